The standard InChI is InChI=1S/C20H20FN5O3/c1-24-19(27)14-6-5-13(21)12-15(14)17(23-24)20(28)26-10-8-25(9-11-26)18-16(29-2)4-3-7-22-18/h3-7,12H,8-11H2,1-2H3. The van der Waals surface area contributed by atoms with Crippen LogP contribution in [0.1, 0.15) is 10.5 Å². The minimum Gasteiger partial charge on any atom is -0.493 e. The Hall–Kier alpha value is -3.49. The number of hydrogen-bond donors (Lipinski definition) is 0. The molecule has 3 heterocycles. The topological polar surface area (TPSA) is 80.6 Å². The molecule has 2 aromatic heterocycles. The number of amides is 1. The second-order valence-electron chi connectivity index (χ2n) is 6.78. The lowest BCUT2D eigenvalue weighted by molar-refractivity contribution is 0.0740. The second kappa shape index (κ2) is 7.50. The van der Waals surface area contributed by atoms with Gasteiger partial charge in [-0.2, -0.15) is 5.10 Å². The number of carbonyl (C=O) groups is 1. The number of ether oxygens (including phenoxy) is 1. The third kappa shape index (κ3) is 3.39. The van der Waals surface area contributed by atoms with Gasteiger partial charge in [0.15, 0.2) is 17.3 Å². The second-order valence-corrected chi connectivity index (χ2v) is 6.78. The van der Waals surface area contributed by atoms with Gasteiger partial charge < -0.3 is 14.5 Å². The van der Waals surface area contributed by atoms with Crippen molar-refractivity contribution in [3.63, 3.8) is 0 Å². The summed E-state index contributed by atoms with van der Waals surface area (Å²) in [6, 6.07) is 7.42. The molecule has 0 unspecified atom stereocenters. The van der Waals surface area contributed by atoms with Crippen LogP contribution < -0.4 is 15.2 Å². The van der Waals surface area contributed by atoms with Crippen LogP contribution in [-0.4, -0.2) is 58.9 Å². The average Bonchev–Trinajstić information content (AvgIpc) is 2.75. The minimum absolute atomic E-state index is 0.0745. The fourth-order valence-electron chi connectivity index (χ4n) is 3.53. The number of nitrogens with zero attached hydrogens (tertiary/aromatic N) is 5. The van der Waals surface area contributed by atoms with Crippen LogP contribution in [0.15, 0.2) is 41.3 Å². The number of aromatic nitrogens is 3. The molecule has 1 aliphatic rings. The molecule has 8 nitrogen and oxygen atoms in total. The Balaban J connectivity index is 1.60. The molecule has 0 N–H and O–H groups in total. The summed E-state index contributed by atoms with van der Waals surface area (Å²) in [7, 11) is 3.07. The summed E-state index contributed by atoms with van der Waals surface area (Å²) in [5.41, 5.74) is -0.297. The molecule has 1 fully saturated rings. The van der Waals surface area contributed by atoms with Crippen LogP contribution in [0.5, 0.6) is 5.75 Å². The Morgan fingerprint density at radius 3 is 2.62 bits per heavy atom. The van der Waals surface area contributed by atoms with Crippen LogP contribution in [-0.2, 0) is 7.05 Å². The number of halogens is 1. The molecule has 1 aliphatic heterocycles. The van der Waals surface area contributed by atoms with E-state index in [9.17, 15) is 14.0 Å². The third-order valence-electron chi connectivity index (χ3n) is 5.05. The van der Waals surface area contributed by atoms with Gasteiger partial charge >= 0.3 is 0 Å². The summed E-state index contributed by atoms with van der Waals surface area (Å²) in [5, 5.41) is 4.62. The first-order valence-corrected chi connectivity index (χ1v) is 9.19. The molecule has 0 radical (unpaired) electrons. The molecule has 29 heavy (non-hydrogen) atoms. The fourth-order valence-corrected chi connectivity index (χ4v) is 3.53. The summed E-state index contributed by atoms with van der Waals surface area (Å²) in [6.07, 6.45) is 1.70. The van der Waals surface area contributed by atoms with E-state index in [-0.39, 0.29) is 27.9 Å². The van der Waals surface area contributed by atoms with Crippen molar-refractivity contribution in [2.45, 2.75) is 0 Å². The molecule has 1 saturated heterocycles. The van der Waals surface area contributed by atoms with E-state index in [1.165, 1.54) is 25.2 Å². The number of anilines is 1. The van der Waals surface area contributed by atoms with Crippen molar-refractivity contribution < 1.29 is 13.9 Å². The summed E-state index contributed by atoms with van der Waals surface area (Å²) >= 11 is 0. The normalized spacial score (nSPS) is 14.3. The molecule has 3 aromatic rings. The molecule has 0 atom stereocenters. The van der Waals surface area contributed by atoms with Gasteiger partial charge in [-0.05, 0) is 30.3 Å². The summed E-state index contributed by atoms with van der Waals surface area (Å²) in [4.78, 5) is 33.5. The van der Waals surface area contributed by atoms with Gasteiger partial charge in [-0.15, -0.1) is 0 Å². The van der Waals surface area contributed by atoms with Crippen molar-refractivity contribution in [3.8, 4) is 5.75 Å². The highest BCUT2D eigenvalue weighted by molar-refractivity contribution is 6.04. The van der Waals surface area contributed by atoms with Crippen LogP contribution in [0.3, 0.4) is 0 Å². The van der Waals surface area contributed by atoms with E-state index in [2.05, 4.69) is 15.0 Å². The number of carbonyl (C=O) groups excluding carboxylic acids is 1. The highest BCUT2D eigenvalue weighted by atomic mass is 19.1. The summed E-state index contributed by atoms with van der Waals surface area (Å²) in [6.45, 7) is 2.02. The predicted molar refractivity (Wildman–Crippen MR) is 106 cm³/mol. The maximum atomic E-state index is 13.8. The number of pyridine rings is 1. The van der Waals surface area contributed by atoms with Crippen LogP contribution in [0, 0.1) is 5.82 Å². The van der Waals surface area contributed by atoms with Gasteiger partial charge in [-0.1, -0.05) is 0 Å². The molecular weight excluding hydrogens is 377 g/mol. The number of hydrogen-bond acceptors (Lipinski definition) is 6. The zero-order valence-electron chi connectivity index (χ0n) is 16.1. The Bertz CT molecular complexity index is 1140. The van der Waals surface area contributed by atoms with Crippen molar-refractivity contribution in [2.24, 2.45) is 7.05 Å². The molecule has 1 amide bonds. The van der Waals surface area contributed by atoms with Crippen LogP contribution in [0.2, 0.25) is 0 Å². The van der Waals surface area contributed by atoms with Gasteiger partial charge in [0.05, 0.1) is 12.5 Å². The van der Waals surface area contributed by atoms with Crippen LogP contribution in [0.4, 0.5) is 10.2 Å². The first-order valence-electron chi connectivity index (χ1n) is 9.19. The molecule has 9 heteroatoms. The van der Waals surface area contributed by atoms with E-state index in [0.717, 1.165) is 10.5 Å². The van der Waals surface area contributed by atoms with E-state index < -0.39 is 5.82 Å². The molecule has 1 aromatic carbocycles. The summed E-state index contributed by atoms with van der Waals surface area (Å²) < 4.78 is 20.3. The number of methoxy groups -OCH3 is 1. The van der Waals surface area contributed by atoms with Crippen molar-refractivity contribution in [1.29, 1.82) is 0 Å². The maximum absolute atomic E-state index is 13.8. The van der Waals surface area contributed by atoms with E-state index in [1.807, 2.05) is 6.07 Å². The number of fused-ring (bicyclic) bond motifs is 1. The zero-order valence-corrected chi connectivity index (χ0v) is 16.1. The van der Waals surface area contributed by atoms with E-state index >= 15 is 0 Å². The lowest BCUT2D eigenvalue weighted by Crippen LogP contribution is -2.49. The predicted octanol–water partition coefficient (Wildman–Crippen LogP) is 1.44. The lowest BCUT2D eigenvalue weighted by atomic mass is 10.1. The van der Waals surface area contributed by atoms with Gasteiger partial charge in [0, 0.05) is 44.8 Å². The van der Waals surface area contributed by atoms with Crippen molar-refractivity contribution in [3.05, 3.63) is 58.4 Å². The van der Waals surface area contributed by atoms with Gasteiger partial charge in [-0.25, -0.2) is 14.1 Å². The van der Waals surface area contributed by atoms with Gasteiger partial charge in [0.1, 0.15) is 5.82 Å². The monoisotopic (exact) mass is 397 g/mol. The Kier molecular flexibility index (Phi) is 4.87. The number of benzene rings is 1. The molecule has 0 bridgehead atoms. The quantitative estimate of drug-likeness (QED) is 0.665. The smallest absolute Gasteiger partial charge is 0.275 e. The van der Waals surface area contributed by atoms with Gasteiger partial charge in [0.2, 0.25) is 0 Å². The molecule has 4 rings (SSSR count). The first-order chi connectivity index (χ1) is 14.0. The molecular formula is C20H20FN5O3. The Labute approximate surface area is 166 Å². The highest BCUT2D eigenvalue weighted by Gasteiger charge is 2.27. The van der Waals surface area contributed by atoms with Crippen molar-refractivity contribution >= 4 is 22.5 Å². The lowest BCUT2D eigenvalue weighted by Gasteiger charge is -2.35. The first kappa shape index (κ1) is 18.9. The van der Waals surface area contributed by atoms with E-state index in [0.29, 0.717) is 31.9 Å². The molecule has 0 saturated carbocycles. The third-order valence-corrected chi connectivity index (χ3v) is 5.05. The zero-order chi connectivity index (χ0) is 20.5. The average molecular weight is 397 g/mol. The number of rotatable bonds is 3. The Morgan fingerprint density at radius 2 is 1.90 bits per heavy atom. The van der Waals surface area contributed by atoms with Gasteiger partial charge in [-0.3, -0.25) is 9.59 Å². The van der Waals surface area contributed by atoms with E-state index in [1.54, 1.807) is 24.3 Å². The van der Waals surface area contributed by atoms with Crippen molar-refractivity contribution in [2.75, 3.05) is 38.2 Å². The molecule has 0 spiro atoms. The molecule has 150 valence electrons. The van der Waals surface area contributed by atoms with Crippen molar-refractivity contribution in [1.82, 2.24) is 19.7 Å². The van der Waals surface area contributed by atoms with Crippen LogP contribution >= 0.6 is 0 Å². The highest BCUT2D eigenvalue weighted by Crippen LogP contribution is 2.26. The summed E-state index contributed by atoms with van der Waals surface area (Å²) in [5.74, 6) is 0.556. The fraction of sp³-hybridized carbons (Fsp3) is 0.300. The van der Waals surface area contributed by atoms with E-state index in [4.69, 9.17) is 4.74 Å². The largest absolute Gasteiger partial charge is 0.493 e. The Morgan fingerprint density at radius 1 is 1.14 bits per heavy atom. The van der Waals surface area contributed by atoms with Gasteiger partial charge in [0.25, 0.3) is 11.5 Å². The minimum atomic E-state index is -0.520. The van der Waals surface area contributed by atoms with Crippen LogP contribution in [0.25, 0.3) is 10.8 Å². The maximum Gasteiger partial charge on any atom is 0.275 e. The SMILES string of the molecule is COc1cccnc1N1CCN(C(=O)c2nn(C)c(=O)c3ccc(F)cc23)CC1. The number of piperazine rings is 1. The number of aryl methyl sites for hydroxylation is 1. The molecule has 0 aliphatic carbocycles.